The standard InChI is InChI=1S/C18H19N3O2/c1-2-23-18(22)13-7-6-11-15-10-4-3-5-14(10)21(16(11)13)17-12(15)8-9-19-20-17/h7-10,14-15H,2-6H2,1H3. The van der Waals surface area contributed by atoms with Gasteiger partial charge in [0.05, 0.1) is 24.1 Å². The van der Waals surface area contributed by atoms with E-state index in [2.05, 4.69) is 21.2 Å². The highest BCUT2D eigenvalue weighted by Crippen LogP contribution is 2.60. The monoisotopic (exact) mass is 309 g/mol. The van der Waals surface area contributed by atoms with Crippen LogP contribution in [-0.4, -0.2) is 28.8 Å². The van der Waals surface area contributed by atoms with Crippen molar-refractivity contribution in [3.8, 4) is 0 Å². The highest BCUT2D eigenvalue weighted by Gasteiger charge is 2.54. The number of nitrogens with zero attached hydrogens (tertiary/aromatic N) is 3. The Morgan fingerprint density at radius 1 is 1.43 bits per heavy atom. The number of aromatic nitrogens is 2. The lowest BCUT2D eigenvalue weighted by molar-refractivity contribution is -0.138. The minimum absolute atomic E-state index is 0.204. The maximum Gasteiger partial charge on any atom is 0.339 e. The molecule has 0 N–H and O–H groups in total. The summed E-state index contributed by atoms with van der Waals surface area (Å²) in [5.41, 5.74) is 4.48. The van der Waals surface area contributed by atoms with Crippen molar-refractivity contribution in [3.63, 3.8) is 0 Å². The highest BCUT2D eigenvalue weighted by atomic mass is 16.5. The Morgan fingerprint density at radius 3 is 3.22 bits per heavy atom. The molecule has 4 heterocycles. The summed E-state index contributed by atoms with van der Waals surface area (Å²) in [5.74, 6) is 1.80. The molecule has 3 unspecified atom stereocenters. The van der Waals surface area contributed by atoms with Crippen LogP contribution >= 0.6 is 0 Å². The number of rotatable bonds is 2. The van der Waals surface area contributed by atoms with Gasteiger partial charge in [0.2, 0.25) is 0 Å². The van der Waals surface area contributed by atoms with E-state index in [9.17, 15) is 4.79 Å². The van der Waals surface area contributed by atoms with Crippen LogP contribution < -0.4 is 4.90 Å². The van der Waals surface area contributed by atoms with Crippen LogP contribution in [0.1, 0.15) is 44.1 Å². The van der Waals surface area contributed by atoms with Gasteiger partial charge >= 0.3 is 5.97 Å². The molecule has 0 aromatic carbocycles. The normalized spacial score (nSPS) is 30.0. The molecule has 0 amide bonds. The van der Waals surface area contributed by atoms with Gasteiger partial charge in [0.25, 0.3) is 0 Å². The maximum absolute atomic E-state index is 12.4. The summed E-state index contributed by atoms with van der Waals surface area (Å²) in [6.45, 7) is 2.26. The van der Waals surface area contributed by atoms with Gasteiger partial charge in [0.15, 0.2) is 5.82 Å². The molecule has 3 aliphatic heterocycles. The average molecular weight is 309 g/mol. The Kier molecular flexibility index (Phi) is 2.69. The minimum Gasteiger partial charge on any atom is -0.462 e. The van der Waals surface area contributed by atoms with Crippen LogP contribution in [0.2, 0.25) is 0 Å². The number of allylic oxidation sites excluding steroid dienone is 2. The zero-order valence-corrected chi connectivity index (χ0v) is 13.2. The van der Waals surface area contributed by atoms with Gasteiger partial charge in [-0.1, -0.05) is 12.5 Å². The molecule has 3 atom stereocenters. The highest BCUT2D eigenvalue weighted by molar-refractivity contribution is 5.97. The van der Waals surface area contributed by atoms with E-state index in [0.29, 0.717) is 24.5 Å². The molecule has 1 aromatic heterocycles. The molecule has 0 spiro atoms. The third kappa shape index (κ3) is 1.60. The van der Waals surface area contributed by atoms with E-state index in [1.807, 2.05) is 13.0 Å². The van der Waals surface area contributed by atoms with Gasteiger partial charge in [-0.05, 0) is 43.7 Å². The Balaban J connectivity index is 1.67. The van der Waals surface area contributed by atoms with Gasteiger partial charge in [-0.25, -0.2) is 4.79 Å². The molecule has 1 saturated carbocycles. The lowest BCUT2D eigenvalue weighted by Gasteiger charge is -2.50. The first-order chi connectivity index (χ1) is 11.3. The van der Waals surface area contributed by atoms with Crippen molar-refractivity contribution >= 4 is 11.8 Å². The van der Waals surface area contributed by atoms with Crippen LogP contribution in [0.15, 0.2) is 35.2 Å². The van der Waals surface area contributed by atoms with Crippen molar-refractivity contribution < 1.29 is 9.53 Å². The minimum atomic E-state index is -0.204. The fourth-order valence-corrected chi connectivity index (χ4v) is 5.07. The smallest absolute Gasteiger partial charge is 0.339 e. The molecule has 5 nitrogen and oxygen atoms in total. The summed E-state index contributed by atoms with van der Waals surface area (Å²) in [6.07, 6.45) is 8.38. The van der Waals surface area contributed by atoms with Gasteiger partial charge in [0, 0.05) is 17.5 Å². The fourth-order valence-electron chi connectivity index (χ4n) is 5.07. The van der Waals surface area contributed by atoms with Gasteiger partial charge in [0.1, 0.15) is 0 Å². The van der Waals surface area contributed by atoms with Gasteiger partial charge in [-0.3, -0.25) is 0 Å². The number of anilines is 1. The predicted molar refractivity (Wildman–Crippen MR) is 84.7 cm³/mol. The van der Waals surface area contributed by atoms with Crippen molar-refractivity contribution in [3.05, 3.63) is 40.7 Å². The zero-order chi connectivity index (χ0) is 15.6. The number of hydrogen-bond donors (Lipinski definition) is 0. The summed E-state index contributed by atoms with van der Waals surface area (Å²) in [4.78, 5) is 14.7. The number of ether oxygens (including phenoxy) is 1. The second-order valence-corrected chi connectivity index (χ2v) is 6.74. The molecule has 0 radical (unpaired) electrons. The second-order valence-electron chi connectivity index (χ2n) is 6.74. The molecule has 5 aliphatic rings. The van der Waals surface area contributed by atoms with E-state index in [-0.39, 0.29) is 5.97 Å². The summed E-state index contributed by atoms with van der Waals surface area (Å²) in [5, 5.41) is 8.53. The Hall–Kier alpha value is -2.17. The Bertz CT molecular complexity index is 767. The zero-order valence-electron chi connectivity index (χ0n) is 13.2. The third-order valence-corrected chi connectivity index (χ3v) is 5.78. The summed E-state index contributed by atoms with van der Waals surface area (Å²) < 4.78 is 5.28. The summed E-state index contributed by atoms with van der Waals surface area (Å²) in [6, 6.07) is 2.57. The number of hydrogen-bond acceptors (Lipinski definition) is 5. The molecule has 1 aromatic rings. The van der Waals surface area contributed by atoms with Crippen molar-refractivity contribution in [2.75, 3.05) is 11.5 Å². The topological polar surface area (TPSA) is 55.3 Å². The first-order valence-electron chi connectivity index (χ1n) is 8.52. The quantitative estimate of drug-likeness (QED) is 0.786. The lowest BCUT2D eigenvalue weighted by atomic mass is 9.70. The van der Waals surface area contributed by atoms with Gasteiger partial charge < -0.3 is 9.64 Å². The van der Waals surface area contributed by atoms with Crippen LogP contribution in [0.4, 0.5) is 5.82 Å². The predicted octanol–water partition coefficient (Wildman–Crippen LogP) is 2.71. The molecule has 23 heavy (non-hydrogen) atoms. The number of esters is 1. The summed E-state index contributed by atoms with van der Waals surface area (Å²) >= 11 is 0. The van der Waals surface area contributed by atoms with E-state index in [0.717, 1.165) is 23.5 Å². The van der Waals surface area contributed by atoms with Crippen LogP contribution in [0.3, 0.4) is 0 Å². The molecule has 2 aliphatic carbocycles. The fraction of sp³-hybridized carbons (Fsp3) is 0.500. The maximum atomic E-state index is 12.4. The van der Waals surface area contributed by atoms with Crippen molar-refractivity contribution in [1.82, 2.24) is 10.2 Å². The summed E-state index contributed by atoms with van der Waals surface area (Å²) in [7, 11) is 0. The van der Waals surface area contributed by atoms with Crippen LogP contribution in [-0.2, 0) is 9.53 Å². The molecule has 6 rings (SSSR count). The van der Waals surface area contributed by atoms with E-state index in [1.165, 1.54) is 30.4 Å². The van der Waals surface area contributed by atoms with E-state index >= 15 is 0 Å². The van der Waals surface area contributed by atoms with Crippen LogP contribution in [0.5, 0.6) is 0 Å². The van der Waals surface area contributed by atoms with Crippen molar-refractivity contribution in [2.24, 2.45) is 5.92 Å². The molecule has 0 saturated heterocycles. The third-order valence-electron chi connectivity index (χ3n) is 5.78. The van der Waals surface area contributed by atoms with E-state index in [4.69, 9.17) is 4.74 Å². The Labute approximate surface area is 135 Å². The second kappa shape index (κ2) is 4.66. The first-order valence-corrected chi connectivity index (χ1v) is 8.52. The van der Waals surface area contributed by atoms with E-state index < -0.39 is 0 Å². The molecular formula is C18H19N3O2. The van der Waals surface area contributed by atoms with Crippen molar-refractivity contribution in [1.29, 1.82) is 0 Å². The largest absolute Gasteiger partial charge is 0.462 e. The molecule has 1 fully saturated rings. The van der Waals surface area contributed by atoms with Gasteiger partial charge in [-0.15, -0.1) is 5.10 Å². The molecule has 5 heteroatoms. The average Bonchev–Trinajstić information content (AvgIpc) is 3.22. The van der Waals surface area contributed by atoms with Crippen LogP contribution in [0.25, 0.3) is 0 Å². The van der Waals surface area contributed by atoms with E-state index in [1.54, 1.807) is 6.20 Å². The lowest BCUT2D eigenvalue weighted by Crippen LogP contribution is -2.50. The molecule has 118 valence electrons. The first kappa shape index (κ1) is 13.3. The SMILES string of the molecule is CCOC(=O)C1=CCC2=C1N1c3nnccc3C2C2CCCC21. The van der Waals surface area contributed by atoms with Crippen LogP contribution in [0, 0.1) is 5.92 Å². The molecule has 2 bridgehead atoms. The van der Waals surface area contributed by atoms with Gasteiger partial charge in [-0.2, -0.15) is 5.10 Å². The number of carbonyl (C=O) groups is 1. The Morgan fingerprint density at radius 2 is 2.35 bits per heavy atom. The van der Waals surface area contributed by atoms with Crippen molar-refractivity contribution in [2.45, 2.75) is 44.6 Å². The molecular weight excluding hydrogens is 290 g/mol. The number of carbonyl (C=O) groups excluding carboxylic acids is 1.